The van der Waals surface area contributed by atoms with Crippen molar-refractivity contribution in [1.82, 2.24) is 4.90 Å². The molecule has 0 aromatic carbocycles. The Kier molecular flexibility index (Phi) is 5.55. The molecule has 1 atom stereocenters. The Hall–Kier alpha value is -0.700. The maximum atomic E-state index is 10.8. The van der Waals surface area contributed by atoms with Crippen LogP contribution in [-0.4, -0.2) is 43.1 Å². The Morgan fingerprint density at radius 1 is 1.38 bits per heavy atom. The molecule has 0 N–H and O–H groups in total. The normalized spacial score (nSPS) is 14.8. The van der Waals surface area contributed by atoms with Crippen LogP contribution in [0.3, 0.4) is 0 Å². The fourth-order valence-electron chi connectivity index (χ4n) is 1.35. The van der Waals surface area contributed by atoms with Crippen molar-refractivity contribution in [2.45, 2.75) is 33.2 Å². The molecule has 1 unspecified atom stereocenters. The molecule has 3 nitrogen and oxygen atoms in total. The summed E-state index contributed by atoms with van der Waals surface area (Å²) in [6.45, 7) is 6.49. The predicted molar refractivity (Wildman–Crippen MR) is 56.4 cm³/mol. The predicted octanol–water partition coefficient (Wildman–Crippen LogP) is 1.38. The van der Waals surface area contributed by atoms with Crippen molar-refractivity contribution in [3.05, 3.63) is 0 Å². The van der Waals surface area contributed by atoms with Gasteiger partial charge in [0.15, 0.2) is 0 Å². The van der Waals surface area contributed by atoms with Gasteiger partial charge in [-0.25, -0.2) is 0 Å². The zero-order chi connectivity index (χ0) is 10.4. The van der Waals surface area contributed by atoms with Crippen LogP contribution in [0.5, 0.6) is 0 Å². The highest BCUT2D eigenvalue weighted by Gasteiger charge is 2.02. The van der Waals surface area contributed by atoms with Gasteiger partial charge in [-0.05, 0) is 34.9 Å². The third kappa shape index (κ3) is 7.65. The molecule has 0 fully saturated rings. The summed E-state index contributed by atoms with van der Waals surface area (Å²) in [6.07, 6.45) is 0.484. The van der Waals surface area contributed by atoms with Gasteiger partial charge in [0.25, 0.3) is 0 Å². The zero-order valence-electron chi connectivity index (χ0n) is 9.29. The molecule has 0 saturated carbocycles. The lowest BCUT2D eigenvalue weighted by Gasteiger charge is -2.13. The Bertz CT molecular complexity index is 197. The Balaban J connectivity index is 3.98. The van der Waals surface area contributed by atoms with E-state index in [-0.39, 0.29) is 11.8 Å². The molecule has 0 aromatic rings. The molecule has 0 radical (unpaired) electrons. The van der Waals surface area contributed by atoms with E-state index in [2.05, 4.69) is 16.8 Å². The SMILES string of the molecule is CC(=O)CC(C)=NC(C)CN(C)C. The maximum Gasteiger partial charge on any atom is 0.135 e. The Morgan fingerprint density at radius 3 is 2.31 bits per heavy atom. The van der Waals surface area contributed by atoms with E-state index in [0.29, 0.717) is 6.42 Å². The number of nitrogens with zero attached hydrogens (tertiary/aromatic N) is 2. The number of likely N-dealkylation sites (N-methyl/N-ethyl adjacent to an activating group) is 1. The minimum atomic E-state index is 0.179. The van der Waals surface area contributed by atoms with Crippen LogP contribution in [0.15, 0.2) is 4.99 Å². The van der Waals surface area contributed by atoms with Crippen LogP contribution in [0.25, 0.3) is 0 Å². The first-order valence-electron chi connectivity index (χ1n) is 4.59. The van der Waals surface area contributed by atoms with Crippen molar-refractivity contribution in [2.75, 3.05) is 20.6 Å². The van der Waals surface area contributed by atoms with E-state index < -0.39 is 0 Å². The summed E-state index contributed by atoms with van der Waals surface area (Å²) in [4.78, 5) is 17.3. The fraction of sp³-hybridized carbons (Fsp3) is 0.800. The first kappa shape index (κ1) is 12.3. The largest absolute Gasteiger partial charge is 0.307 e. The smallest absolute Gasteiger partial charge is 0.135 e. The molecule has 0 spiro atoms. The molecule has 0 aliphatic rings. The molecule has 0 aliphatic heterocycles. The standard InChI is InChI=1S/C10H20N2O/c1-8(6-10(3)13)11-9(2)7-12(4)5/h9H,6-7H2,1-5H3. The van der Waals surface area contributed by atoms with Gasteiger partial charge < -0.3 is 4.90 Å². The third-order valence-corrected chi connectivity index (χ3v) is 1.57. The second-order valence-corrected chi connectivity index (χ2v) is 3.85. The number of carbonyl (C=O) groups excluding carboxylic acids is 1. The number of hydrogen-bond donors (Lipinski definition) is 0. The van der Waals surface area contributed by atoms with E-state index in [1.54, 1.807) is 6.92 Å². The van der Waals surface area contributed by atoms with E-state index in [9.17, 15) is 4.79 Å². The van der Waals surface area contributed by atoms with Crippen molar-refractivity contribution in [1.29, 1.82) is 0 Å². The highest BCUT2D eigenvalue weighted by Crippen LogP contribution is 1.96. The highest BCUT2D eigenvalue weighted by molar-refractivity contribution is 5.99. The Labute approximate surface area is 80.8 Å². The second-order valence-electron chi connectivity index (χ2n) is 3.85. The molecule has 0 heterocycles. The molecule has 0 saturated heterocycles. The first-order chi connectivity index (χ1) is 5.91. The third-order valence-electron chi connectivity index (χ3n) is 1.57. The molecule has 3 heteroatoms. The van der Waals surface area contributed by atoms with Crippen LogP contribution < -0.4 is 0 Å². The minimum absolute atomic E-state index is 0.179. The summed E-state index contributed by atoms with van der Waals surface area (Å²) in [5.41, 5.74) is 0.932. The molecular weight excluding hydrogens is 164 g/mol. The van der Waals surface area contributed by atoms with E-state index in [0.717, 1.165) is 12.3 Å². The molecule has 0 bridgehead atoms. The zero-order valence-corrected chi connectivity index (χ0v) is 9.29. The average Bonchev–Trinajstić information content (AvgIpc) is 1.80. The quantitative estimate of drug-likeness (QED) is 0.605. The van der Waals surface area contributed by atoms with Crippen molar-refractivity contribution < 1.29 is 4.79 Å². The van der Waals surface area contributed by atoms with E-state index >= 15 is 0 Å². The van der Waals surface area contributed by atoms with Gasteiger partial charge in [-0.2, -0.15) is 0 Å². The van der Waals surface area contributed by atoms with Gasteiger partial charge >= 0.3 is 0 Å². The maximum absolute atomic E-state index is 10.8. The summed E-state index contributed by atoms with van der Waals surface area (Å²) in [5, 5.41) is 0. The van der Waals surface area contributed by atoms with Gasteiger partial charge in [-0.3, -0.25) is 9.79 Å². The lowest BCUT2D eigenvalue weighted by Crippen LogP contribution is -2.23. The number of carbonyl (C=O) groups is 1. The summed E-state index contributed by atoms with van der Waals surface area (Å²) < 4.78 is 0. The number of rotatable bonds is 5. The lowest BCUT2D eigenvalue weighted by atomic mass is 10.2. The second kappa shape index (κ2) is 5.86. The molecule has 0 amide bonds. The molecule has 0 aromatic heterocycles. The van der Waals surface area contributed by atoms with Crippen LogP contribution in [0.2, 0.25) is 0 Å². The van der Waals surface area contributed by atoms with Gasteiger partial charge in [-0.1, -0.05) is 0 Å². The van der Waals surface area contributed by atoms with Crippen LogP contribution in [0, 0.1) is 0 Å². The van der Waals surface area contributed by atoms with E-state index in [4.69, 9.17) is 0 Å². The summed E-state index contributed by atoms with van der Waals surface area (Å²) in [6, 6.07) is 0.273. The van der Waals surface area contributed by atoms with E-state index in [1.165, 1.54) is 0 Å². The Morgan fingerprint density at radius 2 is 1.92 bits per heavy atom. The number of hydrogen-bond acceptors (Lipinski definition) is 3. The molecular formula is C10H20N2O. The van der Waals surface area contributed by atoms with Crippen LogP contribution >= 0.6 is 0 Å². The van der Waals surface area contributed by atoms with Crippen molar-refractivity contribution in [3.8, 4) is 0 Å². The number of ketones is 1. The minimum Gasteiger partial charge on any atom is -0.307 e. The lowest BCUT2D eigenvalue weighted by molar-refractivity contribution is -0.115. The monoisotopic (exact) mass is 184 g/mol. The summed E-state index contributed by atoms with van der Waals surface area (Å²) in [7, 11) is 4.04. The highest BCUT2D eigenvalue weighted by atomic mass is 16.1. The average molecular weight is 184 g/mol. The first-order valence-corrected chi connectivity index (χ1v) is 4.59. The van der Waals surface area contributed by atoms with Gasteiger partial charge in [0.1, 0.15) is 5.78 Å². The van der Waals surface area contributed by atoms with Crippen LogP contribution in [-0.2, 0) is 4.79 Å². The van der Waals surface area contributed by atoms with Crippen molar-refractivity contribution in [3.63, 3.8) is 0 Å². The fourth-order valence-corrected chi connectivity index (χ4v) is 1.35. The van der Waals surface area contributed by atoms with Crippen LogP contribution in [0.1, 0.15) is 27.2 Å². The van der Waals surface area contributed by atoms with Crippen molar-refractivity contribution >= 4 is 11.5 Å². The van der Waals surface area contributed by atoms with Crippen LogP contribution in [0.4, 0.5) is 0 Å². The van der Waals surface area contributed by atoms with Gasteiger partial charge in [0, 0.05) is 18.7 Å². The van der Waals surface area contributed by atoms with Gasteiger partial charge in [-0.15, -0.1) is 0 Å². The molecule has 0 aliphatic carbocycles. The summed E-state index contributed by atoms with van der Waals surface area (Å²) >= 11 is 0. The van der Waals surface area contributed by atoms with E-state index in [1.807, 2.05) is 21.0 Å². The summed E-state index contributed by atoms with van der Waals surface area (Å²) in [5.74, 6) is 0.179. The van der Waals surface area contributed by atoms with Gasteiger partial charge in [0.2, 0.25) is 0 Å². The van der Waals surface area contributed by atoms with Crippen molar-refractivity contribution in [2.24, 2.45) is 4.99 Å². The number of aliphatic imine (C=N–C) groups is 1. The number of Topliss-reactive ketones (excluding diaryl/α,β-unsaturated/α-hetero) is 1. The topological polar surface area (TPSA) is 32.7 Å². The molecule has 13 heavy (non-hydrogen) atoms. The molecule has 0 rings (SSSR count). The molecule has 76 valence electrons. The van der Waals surface area contributed by atoms with Gasteiger partial charge in [0.05, 0.1) is 6.04 Å².